The second-order valence-electron chi connectivity index (χ2n) is 4.10. The Kier molecular flexibility index (Phi) is 6.35. The molecule has 0 aliphatic rings. The lowest BCUT2D eigenvalue weighted by Gasteiger charge is -2.16. The van der Waals surface area contributed by atoms with Crippen LogP contribution in [0.25, 0.3) is 0 Å². The van der Waals surface area contributed by atoms with Crippen LogP contribution in [0.2, 0.25) is 0 Å². The van der Waals surface area contributed by atoms with Gasteiger partial charge >= 0.3 is 0 Å². The van der Waals surface area contributed by atoms with E-state index in [1.165, 1.54) is 10.5 Å². The van der Waals surface area contributed by atoms with E-state index >= 15 is 0 Å². The first kappa shape index (κ1) is 16.3. The molecule has 0 saturated carbocycles. The van der Waals surface area contributed by atoms with Gasteiger partial charge in [-0.3, -0.25) is 0 Å². The van der Waals surface area contributed by atoms with Crippen molar-refractivity contribution in [2.24, 2.45) is 0 Å². The number of aromatic nitrogens is 2. The maximum absolute atomic E-state index is 4.23. The Morgan fingerprint density at radius 1 is 1.35 bits per heavy atom. The van der Waals surface area contributed by atoms with Crippen LogP contribution in [0.15, 0.2) is 36.2 Å². The third-order valence-electron chi connectivity index (χ3n) is 2.71. The third-order valence-corrected chi connectivity index (χ3v) is 6.24. The monoisotopic (exact) mass is 389 g/mol. The van der Waals surface area contributed by atoms with Crippen LogP contribution in [0.4, 0.5) is 0 Å². The van der Waals surface area contributed by atoms with Crippen molar-refractivity contribution in [1.82, 2.24) is 15.5 Å². The van der Waals surface area contributed by atoms with Gasteiger partial charge in [0.2, 0.25) is 0 Å². The number of thioether (sulfide) groups is 1. The number of benzene rings is 1. The first-order valence-corrected chi connectivity index (χ1v) is 9.87. The second-order valence-corrected chi connectivity index (χ2v) is 8.34. The average molecular weight is 390 g/mol. The Labute approximate surface area is 140 Å². The zero-order chi connectivity index (χ0) is 14.5. The zero-order valence-corrected chi connectivity index (χ0v) is 15.5. The van der Waals surface area contributed by atoms with Gasteiger partial charge in [-0.1, -0.05) is 57.7 Å². The van der Waals surface area contributed by atoms with Crippen LogP contribution in [-0.2, 0) is 0 Å². The Hall–Kier alpha value is -0.0800. The molecule has 1 heterocycles. The normalized spacial score (nSPS) is 12.6. The molecule has 1 unspecified atom stereocenters. The lowest BCUT2D eigenvalue weighted by Crippen LogP contribution is -2.18. The number of hydrogen-bond acceptors (Lipinski definition) is 6. The quantitative estimate of drug-likeness (QED) is 0.714. The van der Waals surface area contributed by atoms with Crippen LogP contribution in [0.1, 0.15) is 25.5 Å². The minimum atomic E-state index is 0.313. The van der Waals surface area contributed by atoms with Crippen LogP contribution in [0, 0.1) is 0 Å². The molecule has 1 aromatic heterocycles. The van der Waals surface area contributed by atoms with E-state index in [-0.39, 0.29) is 0 Å². The fourth-order valence-corrected chi connectivity index (χ4v) is 4.76. The van der Waals surface area contributed by atoms with Crippen molar-refractivity contribution in [3.63, 3.8) is 0 Å². The highest BCUT2D eigenvalue weighted by Crippen LogP contribution is 2.37. The molecule has 1 aromatic carbocycles. The van der Waals surface area contributed by atoms with Crippen molar-refractivity contribution >= 4 is 50.8 Å². The molecule has 0 aliphatic heterocycles. The van der Waals surface area contributed by atoms with Gasteiger partial charge in [0, 0.05) is 15.4 Å². The number of nitrogens with one attached hydrogen (secondary N) is 1. The van der Waals surface area contributed by atoms with Crippen LogP contribution in [0.5, 0.6) is 0 Å². The molecule has 0 amide bonds. The molecule has 3 nitrogen and oxygen atoms in total. The summed E-state index contributed by atoms with van der Waals surface area (Å²) in [6, 6.07) is 6.69. The van der Waals surface area contributed by atoms with Crippen LogP contribution >= 0.6 is 50.8 Å². The van der Waals surface area contributed by atoms with Gasteiger partial charge < -0.3 is 5.32 Å². The van der Waals surface area contributed by atoms with E-state index in [1.54, 1.807) is 34.9 Å². The van der Waals surface area contributed by atoms with Gasteiger partial charge in [0.1, 0.15) is 0 Å². The number of rotatable bonds is 6. The molecule has 2 aromatic rings. The van der Waals surface area contributed by atoms with Crippen molar-refractivity contribution in [3.05, 3.63) is 28.2 Å². The number of halogens is 1. The summed E-state index contributed by atoms with van der Waals surface area (Å²) in [5.74, 6) is 0. The SMILES string of the molecule is CCNC(C)c1cc(Br)ccc1Sc1nnc(SC)s1. The molecule has 0 saturated heterocycles. The highest BCUT2D eigenvalue weighted by Gasteiger charge is 2.13. The maximum atomic E-state index is 4.23. The molecule has 0 fully saturated rings. The summed E-state index contributed by atoms with van der Waals surface area (Å²) in [5.41, 5.74) is 1.28. The van der Waals surface area contributed by atoms with Gasteiger partial charge in [-0.2, -0.15) is 0 Å². The molecule has 0 aliphatic carbocycles. The van der Waals surface area contributed by atoms with Gasteiger partial charge in [-0.25, -0.2) is 0 Å². The van der Waals surface area contributed by atoms with Gasteiger partial charge in [0.05, 0.1) is 0 Å². The highest BCUT2D eigenvalue weighted by molar-refractivity contribution is 9.10. The first-order valence-electron chi connectivity index (χ1n) is 6.22. The van der Waals surface area contributed by atoms with Crippen molar-refractivity contribution in [3.8, 4) is 0 Å². The topological polar surface area (TPSA) is 37.8 Å². The van der Waals surface area contributed by atoms with E-state index in [0.717, 1.165) is 19.7 Å². The second kappa shape index (κ2) is 7.79. The van der Waals surface area contributed by atoms with Gasteiger partial charge in [0.25, 0.3) is 0 Å². The van der Waals surface area contributed by atoms with Crippen LogP contribution in [0.3, 0.4) is 0 Å². The molecule has 108 valence electrons. The molecule has 1 atom stereocenters. The van der Waals surface area contributed by atoms with E-state index in [9.17, 15) is 0 Å². The summed E-state index contributed by atoms with van der Waals surface area (Å²) in [4.78, 5) is 1.23. The molecular formula is C13H16BrN3S3. The minimum Gasteiger partial charge on any atom is -0.310 e. The van der Waals surface area contributed by atoms with Crippen LogP contribution in [-0.4, -0.2) is 23.0 Å². The smallest absolute Gasteiger partial charge is 0.179 e. The number of nitrogens with zero attached hydrogens (tertiary/aromatic N) is 2. The van der Waals surface area contributed by atoms with E-state index in [1.807, 2.05) is 6.26 Å². The fourth-order valence-electron chi connectivity index (χ4n) is 1.78. The summed E-state index contributed by atoms with van der Waals surface area (Å²) >= 11 is 8.51. The lowest BCUT2D eigenvalue weighted by atomic mass is 10.1. The van der Waals surface area contributed by atoms with E-state index in [0.29, 0.717) is 6.04 Å². The first-order chi connectivity index (χ1) is 9.63. The highest BCUT2D eigenvalue weighted by atomic mass is 79.9. The Morgan fingerprint density at radius 2 is 2.10 bits per heavy atom. The molecule has 0 bridgehead atoms. The van der Waals surface area contributed by atoms with Crippen LogP contribution < -0.4 is 5.32 Å². The largest absolute Gasteiger partial charge is 0.310 e. The summed E-state index contributed by atoms with van der Waals surface area (Å²) < 4.78 is 3.09. The van der Waals surface area contributed by atoms with Gasteiger partial charge in [-0.05, 0) is 43.5 Å². The molecular weight excluding hydrogens is 374 g/mol. The molecule has 0 radical (unpaired) electrons. The van der Waals surface area contributed by atoms with E-state index < -0.39 is 0 Å². The summed E-state index contributed by atoms with van der Waals surface area (Å²) in [6.45, 7) is 5.26. The van der Waals surface area contributed by atoms with Gasteiger partial charge in [0.15, 0.2) is 8.68 Å². The molecule has 2 rings (SSSR count). The van der Waals surface area contributed by atoms with Crippen molar-refractivity contribution < 1.29 is 0 Å². The molecule has 20 heavy (non-hydrogen) atoms. The van der Waals surface area contributed by atoms with E-state index in [4.69, 9.17) is 0 Å². The average Bonchev–Trinajstić information content (AvgIpc) is 2.89. The zero-order valence-electron chi connectivity index (χ0n) is 11.5. The third kappa shape index (κ3) is 4.21. The Balaban J connectivity index is 2.26. The predicted octanol–water partition coefficient (Wildman–Crippen LogP) is 4.84. The summed E-state index contributed by atoms with van der Waals surface area (Å²) in [6.07, 6.45) is 2.02. The van der Waals surface area contributed by atoms with Crippen molar-refractivity contribution in [2.45, 2.75) is 33.5 Å². The fraction of sp³-hybridized carbons (Fsp3) is 0.385. The predicted molar refractivity (Wildman–Crippen MR) is 92.0 cm³/mol. The van der Waals surface area contributed by atoms with E-state index in [2.05, 4.69) is 63.5 Å². The minimum absolute atomic E-state index is 0.313. The molecule has 0 spiro atoms. The van der Waals surface area contributed by atoms with Crippen molar-refractivity contribution in [1.29, 1.82) is 0 Å². The van der Waals surface area contributed by atoms with Gasteiger partial charge in [-0.15, -0.1) is 10.2 Å². The molecule has 1 N–H and O–H groups in total. The Bertz CT molecular complexity index is 574. The summed E-state index contributed by atoms with van der Waals surface area (Å²) in [7, 11) is 0. The number of hydrogen-bond donors (Lipinski definition) is 1. The summed E-state index contributed by atoms with van der Waals surface area (Å²) in [5, 5.41) is 11.8. The maximum Gasteiger partial charge on any atom is 0.179 e. The van der Waals surface area contributed by atoms with Crippen molar-refractivity contribution in [2.75, 3.05) is 12.8 Å². The standard InChI is InChI=1S/C13H16BrN3S3/c1-4-15-8(2)10-7-9(14)5-6-11(10)19-13-17-16-12(18-3)20-13/h5-8,15H,4H2,1-3H3. The lowest BCUT2D eigenvalue weighted by molar-refractivity contribution is 0.589. The molecule has 7 heteroatoms. The Morgan fingerprint density at radius 3 is 2.75 bits per heavy atom.